The number of carbonyl (C=O) groups is 1. The van der Waals surface area contributed by atoms with E-state index in [0.29, 0.717) is 17.1 Å². The van der Waals surface area contributed by atoms with Gasteiger partial charge in [-0.2, -0.15) is 0 Å². The van der Waals surface area contributed by atoms with E-state index in [1.54, 1.807) is 0 Å². The molecule has 0 heterocycles. The molecule has 21 heavy (non-hydrogen) atoms. The van der Waals surface area contributed by atoms with Crippen molar-refractivity contribution in [3.8, 4) is 0 Å². The van der Waals surface area contributed by atoms with E-state index >= 15 is 0 Å². The fourth-order valence-electron chi connectivity index (χ4n) is 6.85. The molecule has 4 rings (SSSR count). The van der Waals surface area contributed by atoms with E-state index in [4.69, 9.17) is 5.41 Å². The van der Waals surface area contributed by atoms with Gasteiger partial charge < -0.3 is 5.41 Å². The molecule has 0 spiro atoms. The number of carbonyl (C=O) groups excluding carboxylic acids is 1. The molecular formula is C19H29NO. The molecule has 6 atom stereocenters. The first-order valence-electron chi connectivity index (χ1n) is 9.05. The number of Topliss-reactive ketones (excluding diaryl/α,β-unsaturated/α-hetero) is 1. The second-order valence-electron chi connectivity index (χ2n) is 8.88. The lowest BCUT2D eigenvalue weighted by atomic mass is 9.45. The molecule has 1 N–H and O–H groups in total. The van der Waals surface area contributed by atoms with Crippen LogP contribution in [0.2, 0.25) is 0 Å². The summed E-state index contributed by atoms with van der Waals surface area (Å²) in [6, 6.07) is 0. The summed E-state index contributed by atoms with van der Waals surface area (Å²) in [5.74, 6) is 3.60. The maximum Gasteiger partial charge on any atom is 0.139 e. The van der Waals surface area contributed by atoms with E-state index in [-0.39, 0.29) is 5.41 Å². The molecule has 2 nitrogen and oxygen atoms in total. The first-order chi connectivity index (χ1) is 9.95. The fraction of sp³-hybridized carbons (Fsp3) is 0.895. The number of ketones is 1. The molecule has 0 amide bonds. The SMILES string of the molecule is C[C@]12CCC(=N)CC1CCC1C2CC[C@]2(C)C(=O)CCC12. The first-order valence-corrected chi connectivity index (χ1v) is 9.05. The molecule has 0 aromatic rings. The quantitative estimate of drug-likeness (QED) is 0.694. The fourth-order valence-corrected chi connectivity index (χ4v) is 6.85. The summed E-state index contributed by atoms with van der Waals surface area (Å²) in [7, 11) is 0. The second kappa shape index (κ2) is 4.43. The molecule has 0 aliphatic heterocycles. The summed E-state index contributed by atoms with van der Waals surface area (Å²) in [4.78, 5) is 12.4. The average Bonchev–Trinajstić information content (AvgIpc) is 2.76. The molecule has 4 saturated carbocycles. The third-order valence-electron chi connectivity index (χ3n) is 8.23. The van der Waals surface area contributed by atoms with Crippen LogP contribution in [0.4, 0.5) is 0 Å². The number of fused-ring (bicyclic) bond motifs is 5. The van der Waals surface area contributed by atoms with E-state index in [2.05, 4.69) is 13.8 Å². The van der Waals surface area contributed by atoms with Crippen LogP contribution in [0.3, 0.4) is 0 Å². The topological polar surface area (TPSA) is 40.9 Å². The number of rotatable bonds is 0. The molecule has 0 radical (unpaired) electrons. The third-order valence-corrected chi connectivity index (χ3v) is 8.23. The van der Waals surface area contributed by atoms with Crippen LogP contribution in [0.15, 0.2) is 0 Å². The Balaban J connectivity index is 1.65. The number of hydrogen-bond donors (Lipinski definition) is 1. The monoisotopic (exact) mass is 287 g/mol. The van der Waals surface area contributed by atoms with Gasteiger partial charge in [-0.15, -0.1) is 0 Å². The highest BCUT2D eigenvalue weighted by atomic mass is 16.1. The third kappa shape index (κ3) is 1.77. The summed E-state index contributed by atoms with van der Waals surface area (Å²) < 4.78 is 0. The lowest BCUT2D eigenvalue weighted by Crippen LogP contribution is -2.53. The van der Waals surface area contributed by atoms with Crippen molar-refractivity contribution < 1.29 is 4.79 Å². The van der Waals surface area contributed by atoms with Gasteiger partial charge in [0, 0.05) is 17.5 Å². The zero-order valence-electron chi connectivity index (χ0n) is 13.6. The first kappa shape index (κ1) is 14.0. The van der Waals surface area contributed by atoms with E-state index in [1.807, 2.05) is 0 Å². The van der Waals surface area contributed by atoms with Crippen molar-refractivity contribution in [3.05, 3.63) is 0 Å². The normalized spacial score (nSPS) is 53.0. The highest BCUT2D eigenvalue weighted by Crippen LogP contribution is 2.65. The standard InChI is InChI=1S/C19H29NO/c1-18-9-7-13(20)11-12(18)3-4-14-15-5-6-17(21)19(15,2)10-8-16(14)18/h12,14-16,20H,3-11H2,1-2H3/t12?,14?,15?,16?,18-,19-/m0/s1. The van der Waals surface area contributed by atoms with Crippen molar-refractivity contribution in [1.82, 2.24) is 0 Å². The predicted octanol–water partition coefficient (Wildman–Crippen LogP) is 4.62. The highest BCUT2D eigenvalue weighted by molar-refractivity contribution is 5.87. The van der Waals surface area contributed by atoms with Crippen LogP contribution in [-0.4, -0.2) is 11.5 Å². The second-order valence-corrected chi connectivity index (χ2v) is 8.88. The van der Waals surface area contributed by atoms with Crippen LogP contribution in [0, 0.1) is 39.9 Å². The van der Waals surface area contributed by atoms with Gasteiger partial charge in [-0.1, -0.05) is 13.8 Å². The van der Waals surface area contributed by atoms with E-state index in [0.717, 1.165) is 55.6 Å². The molecule has 4 fully saturated rings. The Bertz CT molecular complexity index is 498. The van der Waals surface area contributed by atoms with Crippen LogP contribution >= 0.6 is 0 Å². The molecule has 116 valence electrons. The zero-order valence-corrected chi connectivity index (χ0v) is 13.6. The smallest absolute Gasteiger partial charge is 0.139 e. The summed E-state index contributed by atoms with van der Waals surface area (Å²) in [6.07, 6.45) is 10.3. The summed E-state index contributed by atoms with van der Waals surface area (Å²) in [6.45, 7) is 4.80. The summed E-state index contributed by atoms with van der Waals surface area (Å²) in [5, 5.41) is 8.06. The Hall–Kier alpha value is -0.660. The minimum Gasteiger partial charge on any atom is -0.310 e. The maximum absolute atomic E-state index is 12.4. The molecule has 4 aliphatic rings. The lowest BCUT2D eigenvalue weighted by Gasteiger charge is -2.59. The average molecular weight is 287 g/mol. The van der Waals surface area contributed by atoms with Crippen molar-refractivity contribution >= 4 is 11.5 Å². The molecular weight excluding hydrogens is 258 g/mol. The van der Waals surface area contributed by atoms with Crippen LogP contribution in [0.1, 0.15) is 71.6 Å². The van der Waals surface area contributed by atoms with Gasteiger partial charge in [0.1, 0.15) is 5.78 Å². The van der Waals surface area contributed by atoms with Crippen molar-refractivity contribution in [2.75, 3.05) is 0 Å². The number of hydrogen-bond acceptors (Lipinski definition) is 2. The van der Waals surface area contributed by atoms with Gasteiger partial charge in [0.25, 0.3) is 0 Å². The molecule has 0 aromatic heterocycles. The highest BCUT2D eigenvalue weighted by Gasteiger charge is 2.59. The number of nitrogens with one attached hydrogen (secondary N) is 1. The Kier molecular flexibility index (Phi) is 2.94. The van der Waals surface area contributed by atoms with E-state index in [9.17, 15) is 4.79 Å². The minimum atomic E-state index is 0.0196. The van der Waals surface area contributed by atoms with Gasteiger partial charge in [0.2, 0.25) is 0 Å². The molecule has 4 unspecified atom stereocenters. The van der Waals surface area contributed by atoms with Gasteiger partial charge in [-0.05, 0) is 80.5 Å². The van der Waals surface area contributed by atoms with Crippen molar-refractivity contribution in [3.63, 3.8) is 0 Å². The van der Waals surface area contributed by atoms with Gasteiger partial charge in [0.05, 0.1) is 0 Å². The summed E-state index contributed by atoms with van der Waals surface area (Å²) >= 11 is 0. The predicted molar refractivity (Wildman–Crippen MR) is 84.5 cm³/mol. The van der Waals surface area contributed by atoms with Crippen molar-refractivity contribution in [1.29, 1.82) is 5.41 Å². The maximum atomic E-state index is 12.4. The molecule has 2 heteroatoms. The van der Waals surface area contributed by atoms with Crippen LogP contribution < -0.4 is 0 Å². The zero-order chi connectivity index (χ0) is 14.8. The van der Waals surface area contributed by atoms with Gasteiger partial charge in [0.15, 0.2) is 0 Å². The van der Waals surface area contributed by atoms with E-state index < -0.39 is 0 Å². The summed E-state index contributed by atoms with van der Waals surface area (Å²) in [5.41, 5.74) is 1.47. The van der Waals surface area contributed by atoms with Gasteiger partial charge in [-0.3, -0.25) is 4.79 Å². The minimum absolute atomic E-state index is 0.0196. The lowest BCUT2D eigenvalue weighted by molar-refractivity contribution is -0.136. The molecule has 4 aliphatic carbocycles. The van der Waals surface area contributed by atoms with Crippen molar-refractivity contribution in [2.24, 2.45) is 34.5 Å². The van der Waals surface area contributed by atoms with Crippen LogP contribution in [0.5, 0.6) is 0 Å². The Morgan fingerprint density at radius 3 is 2.62 bits per heavy atom. The molecule has 0 aromatic carbocycles. The molecule has 0 bridgehead atoms. The molecule has 0 saturated heterocycles. The van der Waals surface area contributed by atoms with Gasteiger partial charge in [-0.25, -0.2) is 0 Å². The van der Waals surface area contributed by atoms with Crippen LogP contribution in [0.25, 0.3) is 0 Å². The largest absolute Gasteiger partial charge is 0.310 e. The van der Waals surface area contributed by atoms with Gasteiger partial charge >= 0.3 is 0 Å². The Morgan fingerprint density at radius 2 is 1.81 bits per heavy atom. The van der Waals surface area contributed by atoms with Crippen LogP contribution in [-0.2, 0) is 4.79 Å². The Labute approximate surface area is 128 Å². The van der Waals surface area contributed by atoms with Crippen molar-refractivity contribution in [2.45, 2.75) is 71.6 Å². The van der Waals surface area contributed by atoms with E-state index in [1.165, 1.54) is 25.7 Å². The Morgan fingerprint density at radius 1 is 1.00 bits per heavy atom.